The number of carbonyl (C=O) groups is 2. The highest BCUT2D eigenvalue weighted by atomic mass is 79.9. The standard InChI is InChI=1S/C13H15Br2NO3S/c1-13(2)4-3-5-16(9(13)12(18)19)11(17)7-6-8(14)20-10(7)15/h6,9H,3-5H2,1-2H3,(H,18,19). The van der Waals surface area contributed by atoms with Gasteiger partial charge in [-0.05, 0) is 56.2 Å². The minimum atomic E-state index is -0.937. The highest BCUT2D eigenvalue weighted by Gasteiger charge is 2.45. The van der Waals surface area contributed by atoms with E-state index in [0.29, 0.717) is 12.1 Å². The van der Waals surface area contributed by atoms with E-state index in [4.69, 9.17) is 0 Å². The molecule has 1 aliphatic heterocycles. The molecule has 1 N–H and O–H groups in total. The maximum Gasteiger partial charge on any atom is 0.326 e. The molecule has 0 spiro atoms. The SMILES string of the molecule is CC1(C)CCCN(C(=O)c2cc(Br)sc2Br)C1C(=O)O. The Kier molecular flexibility index (Phi) is 4.61. The van der Waals surface area contributed by atoms with Crippen molar-refractivity contribution in [3.63, 3.8) is 0 Å². The van der Waals surface area contributed by atoms with E-state index >= 15 is 0 Å². The Labute approximate surface area is 138 Å². The zero-order chi connectivity index (χ0) is 15.1. The van der Waals surface area contributed by atoms with Gasteiger partial charge in [0.05, 0.1) is 13.1 Å². The number of piperidine rings is 1. The molecule has 4 nitrogen and oxygen atoms in total. The van der Waals surface area contributed by atoms with Crippen LogP contribution in [-0.2, 0) is 4.79 Å². The number of aliphatic carboxylic acids is 1. The maximum absolute atomic E-state index is 12.7. The lowest BCUT2D eigenvalue weighted by atomic mass is 9.76. The van der Waals surface area contributed by atoms with Gasteiger partial charge in [-0.3, -0.25) is 4.79 Å². The highest BCUT2D eigenvalue weighted by molar-refractivity contribution is 9.12. The first-order valence-corrected chi connectivity index (χ1v) is 8.63. The van der Waals surface area contributed by atoms with Gasteiger partial charge in [-0.2, -0.15) is 0 Å². The predicted molar refractivity (Wildman–Crippen MR) is 85.2 cm³/mol. The number of rotatable bonds is 2. The van der Waals surface area contributed by atoms with Gasteiger partial charge < -0.3 is 10.0 Å². The summed E-state index contributed by atoms with van der Waals surface area (Å²) in [5.41, 5.74) is 0.102. The van der Waals surface area contributed by atoms with Gasteiger partial charge in [-0.25, -0.2) is 4.79 Å². The van der Waals surface area contributed by atoms with E-state index in [0.717, 1.165) is 20.4 Å². The van der Waals surface area contributed by atoms with Gasteiger partial charge in [0.25, 0.3) is 5.91 Å². The van der Waals surface area contributed by atoms with Crippen molar-refractivity contribution in [2.24, 2.45) is 5.41 Å². The molecule has 1 saturated heterocycles. The minimum Gasteiger partial charge on any atom is -0.480 e. The summed E-state index contributed by atoms with van der Waals surface area (Å²) in [4.78, 5) is 25.7. The van der Waals surface area contributed by atoms with Crippen LogP contribution in [0.3, 0.4) is 0 Å². The molecule has 0 saturated carbocycles. The molecule has 110 valence electrons. The van der Waals surface area contributed by atoms with Gasteiger partial charge in [0.1, 0.15) is 6.04 Å². The number of halogens is 2. The van der Waals surface area contributed by atoms with E-state index in [9.17, 15) is 14.7 Å². The van der Waals surface area contributed by atoms with Gasteiger partial charge in [0.15, 0.2) is 0 Å². The Morgan fingerprint density at radius 2 is 2.10 bits per heavy atom. The van der Waals surface area contributed by atoms with Gasteiger partial charge in [0, 0.05) is 6.54 Å². The third-order valence-corrected chi connectivity index (χ3v) is 5.99. The second-order valence-corrected chi connectivity index (χ2v) is 9.32. The van der Waals surface area contributed by atoms with Crippen molar-refractivity contribution in [3.05, 3.63) is 19.2 Å². The molecule has 2 rings (SSSR count). The molecule has 2 heterocycles. The lowest BCUT2D eigenvalue weighted by Gasteiger charge is -2.43. The maximum atomic E-state index is 12.7. The monoisotopic (exact) mass is 423 g/mol. The molecule has 0 aromatic carbocycles. The van der Waals surface area contributed by atoms with Crippen molar-refractivity contribution in [1.29, 1.82) is 0 Å². The second kappa shape index (κ2) is 5.77. The molecule has 1 atom stereocenters. The van der Waals surface area contributed by atoms with Crippen molar-refractivity contribution >= 4 is 55.1 Å². The van der Waals surface area contributed by atoms with Crippen LogP contribution in [0.5, 0.6) is 0 Å². The van der Waals surface area contributed by atoms with Crippen LogP contribution in [0.2, 0.25) is 0 Å². The van der Waals surface area contributed by atoms with E-state index in [2.05, 4.69) is 31.9 Å². The summed E-state index contributed by atoms with van der Waals surface area (Å²) in [6.45, 7) is 4.30. The molecule has 20 heavy (non-hydrogen) atoms. The van der Waals surface area contributed by atoms with Gasteiger partial charge in [0.2, 0.25) is 0 Å². The van der Waals surface area contributed by atoms with E-state index in [1.165, 1.54) is 16.2 Å². The normalized spacial score (nSPS) is 21.8. The number of carboxylic acids is 1. The number of carboxylic acid groups (broad SMARTS) is 1. The summed E-state index contributed by atoms with van der Waals surface area (Å²) >= 11 is 8.12. The zero-order valence-electron chi connectivity index (χ0n) is 11.2. The van der Waals surface area contributed by atoms with Crippen molar-refractivity contribution < 1.29 is 14.7 Å². The van der Waals surface area contributed by atoms with E-state index < -0.39 is 17.4 Å². The molecule has 0 radical (unpaired) electrons. The fraction of sp³-hybridized carbons (Fsp3) is 0.538. The highest BCUT2D eigenvalue weighted by Crippen LogP contribution is 2.38. The molecule has 7 heteroatoms. The Morgan fingerprint density at radius 1 is 1.45 bits per heavy atom. The topological polar surface area (TPSA) is 57.6 Å². The lowest BCUT2D eigenvalue weighted by Crippen LogP contribution is -2.56. The Hall–Kier alpha value is -0.400. The van der Waals surface area contributed by atoms with Crippen LogP contribution in [0, 0.1) is 5.41 Å². The summed E-state index contributed by atoms with van der Waals surface area (Å²) in [6, 6.07) is 0.951. The average Bonchev–Trinajstić information content (AvgIpc) is 2.65. The molecule has 0 aliphatic carbocycles. The van der Waals surface area contributed by atoms with Crippen LogP contribution < -0.4 is 0 Å². The number of thiophene rings is 1. The summed E-state index contributed by atoms with van der Waals surface area (Å²) in [7, 11) is 0. The Balaban J connectivity index is 2.36. The fourth-order valence-electron chi connectivity index (χ4n) is 2.72. The average molecular weight is 425 g/mol. The second-order valence-electron chi connectivity index (χ2n) is 5.57. The molecule has 1 aromatic rings. The molecule has 1 aliphatic rings. The number of likely N-dealkylation sites (tertiary alicyclic amines) is 1. The summed E-state index contributed by atoms with van der Waals surface area (Å²) in [6.07, 6.45) is 1.63. The van der Waals surface area contributed by atoms with E-state index in [-0.39, 0.29) is 5.91 Å². The van der Waals surface area contributed by atoms with E-state index in [1.807, 2.05) is 13.8 Å². The summed E-state index contributed by atoms with van der Waals surface area (Å²) in [5, 5.41) is 9.50. The summed E-state index contributed by atoms with van der Waals surface area (Å²) in [5.74, 6) is -1.16. The molecule has 1 fully saturated rings. The molecule has 1 aromatic heterocycles. The van der Waals surface area contributed by atoms with Crippen LogP contribution in [0.15, 0.2) is 13.6 Å². The Morgan fingerprint density at radius 3 is 2.60 bits per heavy atom. The predicted octanol–water partition coefficient (Wildman–Crippen LogP) is 3.99. The van der Waals surface area contributed by atoms with Crippen LogP contribution in [-0.4, -0.2) is 34.5 Å². The number of amides is 1. The lowest BCUT2D eigenvalue weighted by molar-refractivity contribution is -0.148. The van der Waals surface area contributed by atoms with Crippen molar-refractivity contribution in [2.75, 3.05) is 6.54 Å². The molecule has 1 unspecified atom stereocenters. The summed E-state index contributed by atoms with van der Waals surface area (Å²) < 4.78 is 1.57. The number of nitrogens with zero attached hydrogens (tertiary/aromatic N) is 1. The van der Waals surface area contributed by atoms with E-state index in [1.54, 1.807) is 6.07 Å². The molecule has 0 bridgehead atoms. The number of carbonyl (C=O) groups excluding carboxylic acids is 1. The largest absolute Gasteiger partial charge is 0.480 e. The number of hydrogen-bond acceptors (Lipinski definition) is 3. The third-order valence-electron chi connectivity index (χ3n) is 3.65. The first-order chi connectivity index (χ1) is 9.24. The first-order valence-electron chi connectivity index (χ1n) is 6.22. The molecular formula is C13H15Br2NO3S. The molecule has 1 amide bonds. The van der Waals surface area contributed by atoms with Crippen LogP contribution >= 0.6 is 43.2 Å². The van der Waals surface area contributed by atoms with Crippen LogP contribution in [0.4, 0.5) is 0 Å². The third kappa shape index (κ3) is 2.94. The van der Waals surface area contributed by atoms with Gasteiger partial charge in [-0.1, -0.05) is 13.8 Å². The Bertz CT molecular complexity index is 556. The van der Waals surface area contributed by atoms with Crippen molar-refractivity contribution in [1.82, 2.24) is 4.90 Å². The van der Waals surface area contributed by atoms with Gasteiger partial charge in [-0.15, -0.1) is 11.3 Å². The first kappa shape index (κ1) is 16.0. The van der Waals surface area contributed by atoms with Crippen molar-refractivity contribution in [2.45, 2.75) is 32.7 Å². The smallest absolute Gasteiger partial charge is 0.326 e. The van der Waals surface area contributed by atoms with Crippen LogP contribution in [0.1, 0.15) is 37.0 Å². The zero-order valence-corrected chi connectivity index (χ0v) is 15.1. The van der Waals surface area contributed by atoms with Crippen LogP contribution in [0.25, 0.3) is 0 Å². The number of hydrogen-bond donors (Lipinski definition) is 1. The fourth-order valence-corrected chi connectivity index (χ4v) is 5.50. The van der Waals surface area contributed by atoms with Gasteiger partial charge >= 0.3 is 5.97 Å². The molecular weight excluding hydrogens is 410 g/mol. The van der Waals surface area contributed by atoms with Crippen molar-refractivity contribution in [3.8, 4) is 0 Å². The quantitative estimate of drug-likeness (QED) is 0.780. The minimum absolute atomic E-state index is 0.223.